The van der Waals surface area contributed by atoms with Gasteiger partial charge in [0.2, 0.25) is 5.82 Å². The molecule has 0 unspecified atom stereocenters. The Kier molecular flexibility index (Phi) is 5.07. The largest absolute Gasteiger partial charge is 0.375 e. The zero-order valence-corrected chi connectivity index (χ0v) is 16.5. The number of nitrogens with two attached hydrogens (primary N) is 1. The fourth-order valence-corrected chi connectivity index (χ4v) is 4.91. The molecule has 0 radical (unpaired) electrons. The van der Waals surface area contributed by atoms with Crippen molar-refractivity contribution in [2.75, 3.05) is 24.6 Å². The van der Waals surface area contributed by atoms with Gasteiger partial charge in [-0.2, -0.15) is 0 Å². The van der Waals surface area contributed by atoms with Gasteiger partial charge in [-0.15, -0.1) is 0 Å². The number of nitrogens with one attached hydrogen (secondary N) is 1. The normalized spacial score (nSPS) is 31.0. The molecule has 148 valence electrons. The Morgan fingerprint density at radius 3 is 2.63 bits per heavy atom. The summed E-state index contributed by atoms with van der Waals surface area (Å²) in [6.07, 6.45) is 8.33. The van der Waals surface area contributed by atoms with Crippen molar-refractivity contribution >= 4 is 11.7 Å². The minimum atomic E-state index is -0.571. The van der Waals surface area contributed by atoms with Crippen LogP contribution in [0.15, 0.2) is 0 Å². The van der Waals surface area contributed by atoms with Gasteiger partial charge in [-0.05, 0) is 58.8 Å². The van der Waals surface area contributed by atoms with Gasteiger partial charge in [-0.3, -0.25) is 4.79 Å². The molecule has 1 atom stereocenters. The van der Waals surface area contributed by atoms with E-state index in [1.807, 2.05) is 13.8 Å². The minimum absolute atomic E-state index is 0.110. The predicted molar refractivity (Wildman–Crippen MR) is 104 cm³/mol. The molecule has 1 amide bonds. The van der Waals surface area contributed by atoms with Gasteiger partial charge in [-0.25, -0.2) is 9.97 Å². The molecule has 1 saturated carbocycles. The first-order valence-corrected chi connectivity index (χ1v) is 10.3. The van der Waals surface area contributed by atoms with Crippen LogP contribution in [0.25, 0.3) is 0 Å². The maximum atomic E-state index is 11.5. The monoisotopic (exact) mass is 373 g/mol. The molecule has 3 N–H and O–H groups in total. The van der Waals surface area contributed by atoms with Crippen molar-refractivity contribution in [1.82, 2.24) is 15.3 Å². The van der Waals surface area contributed by atoms with Crippen molar-refractivity contribution in [3.8, 4) is 0 Å². The lowest BCUT2D eigenvalue weighted by Gasteiger charge is -2.37. The Morgan fingerprint density at radius 2 is 1.96 bits per heavy atom. The molecule has 1 aromatic rings. The third kappa shape index (κ3) is 3.80. The molecule has 7 heteroatoms. The summed E-state index contributed by atoms with van der Waals surface area (Å²) in [4.78, 5) is 22.4. The number of carbonyl (C=O) groups is 1. The number of amides is 1. The number of rotatable bonds is 4. The zero-order chi connectivity index (χ0) is 19.0. The van der Waals surface area contributed by atoms with Crippen molar-refractivity contribution in [2.24, 2.45) is 5.73 Å². The van der Waals surface area contributed by atoms with Crippen molar-refractivity contribution in [3.63, 3.8) is 0 Å². The van der Waals surface area contributed by atoms with E-state index in [9.17, 15) is 4.79 Å². The van der Waals surface area contributed by atoms with Gasteiger partial charge in [0.05, 0.1) is 5.60 Å². The summed E-state index contributed by atoms with van der Waals surface area (Å²) in [5, 5.41) is 3.86. The third-order valence-electron chi connectivity index (χ3n) is 6.62. The van der Waals surface area contributed by atoms with Crippen LogP contribution in [0, 0.1) is 13.8 Å². The molecule has 1 aliphatic carbocycles. The summed E-state index contributed by atoms with van der Waals surface area (Å²) < 4.78 is 6.04. The van der Waals surface area contributed by atoms with Crippen molar-refractivity contribution < 1.29 is 9.53 Å². The van der Waals surface area contributed by atoms with Crippen LogP contribution in [-0.2, 0) is 4.74 Å². The topological polar surface area (TPSA) is 93.4 Å². The van der Waals surface area contributed by atoms with Gasteiger partial charge in [0.15, 0.2) is 0 Å². The fourth-order valence-electron chi connectivity index (χ4n) is 4.91. The molecule has 3 aliphatic rings. The van der Waals surface area contributed by atoms with E-state index in [1.165, 1.54) is 38.5 Å². The number of hydrogen-bond acceptors (Lipinski definition) is 6. The lowest BCUT2D eigenvalue weighted by Crippen LogP contribution is -2.45. The SMILES string of the molecule is Cc1nc(C(N)=O)nc(N2CC[C@@H](NC3CCC4(CCCO4)CC3)C2)c1C. The highest BCUT2D eigenvalue weighted by molar-refractivity contribution is 5.89. The van der Waals surface area contributed by atoms with Gasteiger partial charge >= 0.3 is 0 Å². The fraction of sp³-hybridized carbons (Fsp3) is 0.750. The van der Waals surface area contributed by atoms with Gasteiger partial charge in [-0.1, -0.05) is 0 Å². The van der Waals surface area contributed by atoms with Crippen LogP contribution in [0.2, 0.25) is 0 Å². The van der Waals surface area contributed by atoms with Gasteiger partial charge in [0, 0.05) is 43.0 Å². The van der Waals surface area contributed by atoms with E-state index in [0.29, 0.717) is 12.1 Å². The van der Waals surface area contributed by atoms with Gasteiger partial charge in [0.25, 0.3) is 5.91 Å². The number of ether oxygens (including phenoxy) is 1. The number of hydrogen-bond donors (Lipinski definition) is 2. The maximum absolute atomic E-state index is 11.5. The van der Waals surface area contributed by atoms with Gasteiger partial charge < -0.3 is 20.7 Å². The first-order valence-electron chi connectivity index (χ1n) is 10.3. The summed E-state index contributed by atoms with van der Waals surface area (Å²) in [7, 11) is 0. The van der Waals surface area contributed by atoms with Crippen LogP contribution in [0.1, 0.15) is 66.8 Å². The molecule has 0 bridgehead atoms. The lowest BCUT2D eigenvalue weighted by molar-refractivity contribution is -0.0306. The molecule has 27 heavy (non-hydrogen) atoms. The third-order valence-corrected chi connectivity index (χ3v) is 6.62. The second kappa shape index (κ2) is 7.36. The molecule has 1 spiro atoms. The van der Waals surface area contributed by atoms with E-state index < -0.39 is 5.91 Å². The number of nitrogens with zero attached hydrogens (tertiary/aromatic N) is 3. The highest BCUT2D eigenvalue weighted by atomic mass is 16.5. The predicted octanol–water partition coefficient (Wildman–Crippen LogP) is 1.85. The van der Waals surface area contributed by atoms with Crippen LogP contribution in [0.3, 0.4) is 0 Å². The molecular weight excluding hydrogens is 342 g/mol. The molecule has 2 aliphatic heterocycles. The molecule has 4 rings (SSSR count). The molecule has 1 aromatic heterocycles. The van der Waals surface area contributed by atoms with E-state index in [4.69, 9.17) is 10.5 Å². The van der Waals surface area contributed by atoms with Crippen LogP contribution < -0.4 is 16.0 Å². The van der Waals surface area contributed by atoms with Crippen molar-refractivity contribution in [3.05, 3.63) is 17.1 Å². The second-order valence-electron chi connectivity index (χ2n) is 8.45. The average molecular weight is 374 g/mol. The van der Waals surface area contributed by atoms with Crippen LogP contribution in [-0.4, -0.2) is 53.3 Å². The Bertz CT molecular complexity index is 707. The number of aryl methyl sites for hydroxylation is 1. The van der Waals surface area contributed by atoms with Crippen LogP contribution in [0.5, 0.6) is 0 Å². The minimum Gasteiger partial charge on any atom is -0.375 e. The summed E-state index contributed by atoms with van der Waals surface area (Å²) in [6.45, 7) is 6.71. The number of aromatic nitrogens is 2. The second-order valence-corrected chi connectivity index (χ2v) is 8.45. The van der Waals surface area contributed by atoms with E-state index in [1.54, 1.807) is 0 Å². The standard InChI is InChI=1S/C20H31N5O2/c1-13-14(2)22-18(17(21)26)24-19(13)25-10-6-16(12-25)23-15-4-8-20(9-5-15)7-3-11-27-20/h15-16,23H,3-12H2,1-2H3,(H2,21,26)/t15?,16-,20?/m1/s1. The van der Waals surface area contributed by atoms with Crippen LogP contribution >= 0.6 is 0 Å². The molecule has 3 heterocycles. The smallest absolute Gasteiger partial charge is 0.286 e. The molecule has 2 saturated heterocycles. The zero-order valence-electron chi connectivity index (χ0n) is 16.5. The summed E-state index contributed by atoms with van der Waals surface area (Å²) >= 11 is 0. The van der Waals surface area contributed by atoms with E-state index in [-0.39, 0.29) is 11.4 Å². The molecule has 7 nitrogen and oxygen atoms in total. The quantitative estimate of drug-likeness (QED) is 0.837. The Morgan fingerprint density at radius 1 is 1.19 bits per heavy atom. The Balaban J connectivity index is 1.36. The number of primary amides is 1. The first kappa shape index (κ1) is 18.6. The number of carbonyl (C=O) groups excluding carboxylic acids is 1. The summed E-state index contributed by atoms with van der Waals surface area (Å²) in [5.74, 6) is 0.389. The molecule has 0 aromatic carbocycles. The molecule has 3 fully saturated rings. The van der Waals surface area contributed by atoms with Gasteiger partial charge in [0.1, 0.15) is 5.82 Å². The molecular formula is C20H31N5O2. The maximum Gasteiger partial charge on any atom is 0.286 e. The van der Waals surface area contributed by atoms with E-state index in [0.717, 1.165) is 43.2 Å². The van der Waals surface area contributed by atoms with E-state index >= 15 is 0 Å². The first-order chi connectivity index (χ1) is 13.0. The van der Waals surface area contributed by atoms with Crippen molar-refractivity contribution in [2.45, 2.75) is 76.5 Å². The highest BCUT2D eigenvalue weighted by Crippen LogP contribution is 2.39. The summed E-state index contributed by atoms with van der Waals surface area (Å²) in [6, 6.07) is 1.04. The average Bonchev–Trinajstić information content (AvgIpc) is 3.29. The highest BCUT2D eigenvalue weighted by Gasteiger charge is 2.39. The lowest BCUT2D eigenvalue weighted by atomic mass is 9.80. The Hall–Kier alpha value is -1.73. The van der Waals surface area contributed by atoms with Crippen molar-refractivity contribution in [1.29, 1.82) is 0 Å². The number of anilines is 1. The Labute approximate surface area is 161 Å². The van der Waals surface area contributed by atoms with E-state index in [2.05, 4.69) is 20.2 Å². The summed E-state index contributed by atoms with van der Waals surface area (Å²) in [5.41, 5.74) is 7.44. The van der Waals surface area contributed by atoms with Crippen LogP contribution in [0.4, 0.5) is 5.82 Å².